The van der Waals surface area contributed by atoms with Gasteiger partial charge in [-0.2, -0.15) is 0 Å². The summed E-state index contributed by atoms with van der Waals surface area (Å²) < 4.78 is 6.78. The van der Waals surface area contributed by atoms with Crippen molar-refractivity contribution in [1.29, 1.82) is 0 Å². The lowest BCUT2D eigenvalue weighted by Gasteiger charge is -2.29. The molecule has 4 nitrogen and oxygen atoms in total. The highest BCUT2D eigenvalue weighted by Crippen LogP contribution is 2.63. The minimum Gasteiger partial charge on any atom is -0.452 e. The fourth-order valence-corrected chi connectivity index (χ4v) is 6.87. The number of rotatable bonds is 3. The summed E-state index contributed by atoms with van der Waals surface area (Å²) in [7, 11) is 0. The molecule has 0 saturated heterocycles. The molecule has 7 aromatic rings. The van der Waals surface area contributed by atoms with Gasteiger partial charge >= 0.3 is 0 Å². The molecule has 0 N–H and O–H groups in total. The second-order valence-electron chi connectivity index (χ2n) is 10.8. The van der Waals surface area contributed by atoms with Crippen LogP contribution in [0.1, 0.15) is 22.3 Å². The summed E-state index contributed by atoms with van der Waals surface area (Å²) >= 11 is 0. The molecule has 42 heavy (non-hydrogen) atoms. The van der Waals surface area contributed by atoms with Crippen LogP contribution in [0.2, 0.25) is 0 Å². The van der Waals surface area contributed by atoms with Crippen molar-refractivity contribution in [3.63, 3.8) is 0 Å². The lowest BCUT2D eigenvalue weighted by atomic mass is 9.71. The Balaban J connectivity index is 1.32. The Morgan fingerprint density at radius 3 is 1.38 bits per heavy atom. The molecule has 2 heterocycles. The Hall–Kier alpha value is -5.61. The average Bonchev–Trinajstić information content (AvgIpc) is 3.72. The van der Waals surface area contributed by atoms with Crippen LogP contribution < -0.4 is 0 Å². The summed E-state index contributed by atoms with van der Waals surface area (Å²) in [5, 5.41) is 0. The second-order valence-corrected chi connectivity index (χ2v) is 10.8. The van der Waals surface area contributed by atoms with Gasteiger partial charge in [-0.1, -0.05) is 133 Å². The van der Waals surface area contributed by atoms with Gasteiger partial charge in [-0.05, 0) is 33.9 Å². The van der Waals surface area contributed by atoms with E-state index in [-0.39, 0.29) is 0 Å². The second kappa shape index (κ2) is 8.69. The Labute approximate surface area is 243 Å². The van der Waals surface area contributed by atoms with Crippen LogP contribution >= 0.6 is 0 Å². The molecule has 2 aliphatic carbocycles. The van der Waals surface area contributed by atoms with Gasteiger partial charge in [0.1, 0.15) is 5.76 Å². The summed E-state index contributed by atoms with van der Waals surface area (Å²) in [4.78, 5) is 14.8. The summed E-state index contributed by atoms with van der Waals surface area (Å²) in [6, 6.07) is 48.4. The van der Waals surface area contributed by atoms with Crippen molar-refractivity contribution in [3.05, 3.63) is 162 Å². The van der Waals surface area contributed by atoms with Gasteiger partial charge < -0.3 is 4.42 Å². The summed E-state index contributed by atoms with van der Waals surface area (Å²) in [6.45, 7) is 0. The average molecular weight is 538 g/mol. The number of furan rings is 1. The summed E-state index contributed by atoms with van der Waals surface area (Å²) in [6.07, 6.45) is 0. The largest absolute Gasteiger partial charge is 0.452 e. The molecular weight excluding hydrogens is 514 g/mol. The number of aromatic nitrogens is 3. The number of nitrogens with zero attached hydrogens (tertiary/aromatic N) is 3. The molecule has 0 saturated carbocycles. The van der Waals surface area contributed by atoms with Crippen molar-refractivity contribution in [2.75, 3.05) is 0 Å². The SMILES string of the molecule is c1ccc(-c2nc(-c3ccccc3)nc(-c3cc4c(o3)-c3ccccc3C43c4ccccc4-c4ccccc43)n2)cc1. The molecule has 0 radical (unpaired) electrons. The summed E-state index contributed by atoms with van der Waals surface area (Å²) in [5.74, 6) is 3.25. The van der Waals surface area contributed by atoms with E-state index in [1.165, 1.54) is 27.8 Å². The third kappa shape index (κ3) is 3.09. The molecule has 0 amide bonds. The van der Waals surface area contributed by atoms with Crippen LogP contribution in [0.25, 0.3) is 56.8 Å². The Morgan fingerprint density at radius 2 is 0.833 bits per heavy atom. The van der Waals surface area contributed by atoms with Gasteiger partial charge in [-0.15, -0.1) is 0 Å². The lowest BCUT2D eigenvalue weighted by molar-refractivity contribution is 0.590. The molecule has 2 aliphatic rings. The number of fused-ring (bicyclic) bond motifs is 10. The normalized spacial score (nSPS) is 13.4. The van der Waals surface area contributed by atoms with E-state index >= 15 is 0 Å². The van der Waals surface area contributed by atoms with E-state index in [1.54, 1.807) is 0 Å². The lowest BCUT2D eigenvalue weighted by Crippen LogP contribution is -2.25. The quantitative estimate of drug-likeness (QED) is 0.226. The molecule has 0 aliphatic heterocycles. The Bertz CT molecular complexity index is 2040. The third-order valence-corrected chi connectivity index (χ3v) is 8.58. The van der Waals surface area contributed by atoms with Gasteiger partial charge in [0.25, 0.3) is 0 Å². The topological polar surface area (TPSA) is 51.8 Å². The first-order valence-electron chi connectivity index (χ1n) is 14.1. The van der Waals surface area contributed by atoms with Crippen molar-refractivity contribution in [3.8, 4) is 56.8 Å². The van der Waals surface area contributed by atoms with Crippen molar-refractivity contribution in [2.45, 2.75) is 5.41 Å². The zero-order valence-electron chi connectivity index (χ0n) is 22.5. The molecule has 1 spiro atoms. The maximum atomic E-state index is 6.78. The van der Waals surface area contributed by atoms with Gasteiger partial charge in [0, 0.05) is 22.3 Å². The molecule has 0 atom stereocenters. The highest BCUT2D eigenvalue weighted by Gasteiger charge is 2.53. The molecule has 0 unspecified atom stereocenters. The van der Waals surface area contributed by atoms with E-state index in [0.29, 0.717) is 23.2 Å². The van der Waals surface area contributed by atoms with E-state index < -0.39 is 5.41 Å². The highest BCUT2D eigenvalue weighted by atomic mass is 16.3. The number of hydrogen-bond donors (Lipinski definition) is 0. The van der Waals surface area contributed by atoms with Crippen molar-refractivity contribution in [2.24, 2.45) is 0 Å². The first kappa shape index (κ1) is 23.1. The molecule has 0 fully saturated rings. The van der Waals surface area contributed by atoms with Crippen LogP contribution in [0.15, 0.2) is 144 Å². The maximum Gasteiger partial charge on any atom is 0.199 e. The van der Waals surface area contributed by atoms with E-state index in [1.807, 2.05) is 60.7 Å². The minimum atomic E-state index is -0.474. The molecule has 5 aromatic carbocycles. The first-order valence-corrected chi connectivity index (χ1v) is 14.1. The molecule has 2 aromatic heterocycles. The van der Waals surface area contributed by atoms with Crippen LogP contribution in [-0.2, 0) is 5.41 Å². The van der Waals surface area contributed by atoms with Gasteiger partial charge in [0.2, 0.25) is 0 Å². The molecule has 196 valence electrons. The molecule has 9 rings (SSSR count). The van der Waals surface area contributed by atoms with Crippen LogP contribution in [-0.4, -0.2) is 15.0 Å². The molecular formula is C38H23N3O. The zero-order valence-corrected chi connectivity index (χ0v) is 22.5. The van der Waals surface area contributed by atoms with Gasteiger partial charge in [-0.3, -0.25) is 0 Å². The Kier molecular flexibility index (Phi) is 4.79. The van der Waals surface area contributed by atoms with Crippen LogP contribution in [0.3, 0.4) is 0 Å². The predicted molar refractivity (Wildman–Crippen MR) is 165 cm³/mol. The molecule has 0 bridgehead atoms. The van der Waals surface area contributed by atoms with E-state index in [4.69, 9.17) is 19.4 Å². The van der Waals surface area contributed by atoms with E-state index in [2.05, 4.69) is 78.9 Å². The van der Waals surface area contributed by atoms with Crippen molar-refractivity contribution in [1.82, 2.24) is 15.0 Å². The number of hydrogen-bond acceptors (Lipinski definition) is 4. The van der Waals surface area contributed by atoms with Crippen molar-refractivity contribution >= 4 is 0 Å². The third-order valence-electron chi connectivity index (χ3n) is 8.58. The molecule has 4 heteroatoms. The van der Waals surface area contributed by atoms with Gasteiger partial charge in [0.05, 0.1) is 5.41 Å². The van der Waals surface area contributed by atoms with Gasteiger partial charge in [0.15, 0.2) is 23.2 Å². The Morgan fingerprint density at radius 1 is 0.405 bits per heavy atom. The van der Waals surface area contributed by atoms with Gasteiger partial charge in [-0.25, -0.2) is 15.0 Å². The monoisotopic (exact) mass is 537 g/mol. The standard InChI is InChI=1S/C38H23N3O/c1-3-13-24(14-4-1)35-39-36(25-15-5-2-6-16-25)41-37(40-35)33-23-32-34(42-33)28-19-9-12-22-31(28)38(32)29-20-10-7-17-26(29)27-18-8-11-21-30(27)38/h1-23H. The zero-order chi connectivity index (χ0) is 27.7. The van der Waals surface area contributed by atoms with Crippen LogP contribution in [0.4, 0.5) is 0 Å². The van der Waals surface area contributed by atoms with Crippen LogP contribution in [0.5, 0.6) is 0 Å². The van der Waals surface area contributed by atoms with E-state index in [9.17, 15) is 0 Å². The van der Waals surface area contributed by atoms with Crippen LogP contribution in [0, 0.1) is 0 Å². The predicted octanol–water partition coefficient (Wildman–Crippen LogP) is 8.81. The van der Waals surface area contributed by atoms with Crippen molar-refractivity contribution < 1.29 is 4.42 Å². The summed E-state index contributed by atoms with van der Waals surface area (Å²) in [5.41, 5.74) is 9.92. The fraction of sp³-hybridized carbons (Fsp3) is 0.0263. The maximum absolute atomic E-state index is 6.78. The number of benzene rings is 5. The fourth-order valence-electron chi connectivity index (χ4n) is 6.87. The minimum absolute atomic E-state index is 0.474. The highest BCUT2D eigenvalue weighted by molar-refractivity contribution is 5.94. The van der Waals surface area contributed by atoms with E-state index in [0.717, 1.165) is 28.0 Å². The first-order chi connectivity index (χ1) is 20.8. The smallest absolute Gasteiger partial charge is 0.199 e.